The summed E-state index contributed by atoms with van der Waals surface area (Å²) >= 11 is 0. The highest BCUT2D eigenvalue weighted by atomic mass is 16.3. The quantitative estimate of drug-likeness (QED) is 0.714. The Morgan fingerprint density at radius 3 is 2.53 bits per heavy atom. The van der Waals surface area contributed by atoms with Gasteiger partial charge in [-0.15, -0.1) is 4.91 Å². The van der Waals surface area contributed by atoms with Crippen LogP contribution in [-0.4, -0.2) is 5.54 Å². The van der Waals surface area contributed by atoms with Crippen molar-refractivity contribution in [2.45, 2.75) is 19.4 Å². The van der Waals surface area contributed by atoms with Crippen LogP contribution in [0.2, 0.25) is 0 Å². The van der Waals surface area contributed by atoms with Crippen LogP contribution in [-0.2, 0) is 0 Å². The Balaban J connectivity index is 2.42. The molecule has 0 spiro atoms. The normalized spacial score (nSPS) is 12.1. The van der Waals surface area contributed by atoms with Crippen LogP contribution in [0.15, 0.2) is 53.7 Å². The van der Waals surface area contributed by atoms with Gasteiger partial charge in [0, 0.05) is 0 Å². The topological polar surface area (TPSA) is 29.4 Å². The summed E-state index contributed by atoms with van der Waals surface area (Å²) in [6.45, 7) is 3.59. The van der Waals surface area contributed by atoms with E-state index in [1.54, 1.807) is 13.8 Å². The van der Waals surface area contributed by atoms with E-state index in [4.69, 9.17) is 0 Å². The molecule has 0 aromatic heterocycles. The lowest BCUT2D eigenvalue weighted by Gasteiger charge is -2.08. The summed E-state index contributed by atoms with van der Waals surface area (Å²) in [5, 5.41) is 3.08. The Morgan fingerprint density at radius 2 is 1.76 bits per heavy atom. The van der Waals surface area contributed by atoms with Gasteiger partial charge in [0.25, 0.3) is 0 Å². The summed E-state index contributed by atoms with van der Waals surface area (Å²) in [4.78, 5) is 10.6. The van der Waals surface area contributed by atoms with Crippen LogP contribution < -0.4 is 0 Å². The van der Waals surface area contributed by atoms with Crippen molar-refractivity contribution >= 4 is 6.08 Å². The minimum absolute atomic E-state index is 0.659. The first kappa shape index (κ1) is 11.5. The molecule has 0 aromatic carbocycles. The van der Waals surface area contributed by atoms with Crippen LogP contribution in [0.3, 0.4) is 0 Å². The molecule has 2 nitrogen and oxygen atoms in total. The molecule has 0 aromatic rings. The van der Waals surface area contributed by atoms with Gasteiger partial charge in [-0.3, -0.25) is 0 Å². The van der Waals surface area contributed by atoms with Crippen molar-refractivity contribution in [2.75, 3.05) is 0 Å². The van der Waals surface area contributed by atoms with Crippen LogP contribution in [0, 0.1) is 4.91 Å². The second kappa shape index (κ2) is 4.50. The van der Waals surface area contributed by atoms with Gasteiger partial charge in [-0.1, -0.05) is 59.8 Å². The first-order valence-corrected chi connectivity index (χ1v) is 5.64. The zero-order valence-electron chi connectivity index (χ0n) is 10.1. The summed E-state index contributed by atoms with van der Waals surface area (Å²) < 4.78 is 0. The zero-order valence-corrected chi connectivity index (χ0v) is 10.1. The van der Waals surface area contributed by atoms with Crippen LogP contribution in [0.5, 0.6) is 0 Å². The molecule has 0 saturated heterocycles. The molecule has 0 aliphatic heterocycles. The summed E-state index contributed by atoms with van der Waals surface area (Å²) in [6, 6.07) is 14.3. The monoisotopic (exact) mass is 225 g/mol. The molecular weight excluding hydrogens is 210 g/mol. The fourth-order valence-corrected chi connectivity index (χ4v) is 1.72. The fraction of sp³-hybridized carbons (Fsp3) is 0.200. The number of nitroso groups, excluding NO2 is 1. The van der Waals surface area contributed by atoms with Gasteiger partial charge in [-0.2, -0.15) is 0 Å². The van der Waals surface area contributed by atoms with Crippen molar-refractivity contribution in [1.29, 1.82) is 0 Å². The second-order valence-corrected chi connectivity index (χ2v) is 4.65. The van der Waals surface area contributed by atoms with Crippen molar-refractivity contribution in [2.24, 2.45) is 5.18 Å². The average Bonchev–Trinajstić information content (AvgIpc) is 2.69. The number of rotatable bonds is 3. The van der Waals surface area contributed by atoms with Crippen molar-refractivity contribution in [3.05, 3.63) is 59.0 Å². The summed E-state index contributed by atoms with van der Waals surface area (Å²) in [5.41, 5.74) is 2.83. The van der Waals surface area contributed by atoms with Crippen LogP contribution in [0.1, 0.15) is 19.4 Å². The lowest BCUT2D eigenvalue weighted by atomic mass is 10.0. The van der Waals surface area contributed by atoms with Crippen molar-refractivity contribution in [1.82, 2.24) is 0 Å². The van der Waals surface area contributed by atoms with Gasteiger partial charge in [-0.05, 0) is 30.5 Å². The molecule has 2 aliphatic rings. The number of hydrogen-bond donors (Lipinski definition) is 0. The van der Waals surface area contributed by atoms with E-state index >= 15 is 0 Å². The van der Waals surface area contributed by atoms with E-state index < -0.39 is 5.54 Å². The highest BCUT2D eigenvalue weighted by molar-refractivity contribution is 5.76. The predicted molar refractivity (Wildman–Crippen MR) is 72.0 cm³/mol. The second-order valence-electron chi connectivity index (χ2n) is 4.65. The molecule has 0 fully saturated rings. The zero-order chi connectivity index (χ0) is 12.3. The van der Waals surface area contributed by atoms with Crippen LogP contribution in [0.4, 0.5) is 0 Å². The van der Waals surface area contributed by atoms with E-state index in [9.17, 15) is 4.91 Å². The smallest absolute Gasteiger partial charge is 0.115 e. The number of fused-ring (bicyclic) bond motifs is 1. The first-order valence-electron chi connectivity index (χ1n) is 5.64. The summed E-state index contributed by atoms with van der Waals surface area (Å²) in [5.74, 6) is 0. The van der Waals surface area contributed by atoms with Crippen molar-refractivity contribution < 1.29 is 0 Å². The highest BCUT2D eigenvalue weighted by Gasteiger charge is 2.13. The molecule has 0 atom stereocenters. The fourth-order valence-electron chi connectivity index (χ4n) is 1.72. The van der Waals surface area contributed by atoms with E-state index in [0.717, 1.165) is 5.56 Å². The van der Waals surface area contributed by atoms with Gasteiger partial charge < -0.3 is 0 Å². The molecule has 0 saturated carbocycles. The third-order valence-electron chi connectivity index (χ3n) is 2.73. The van der Waals surface area contributed by atoms with Gasteiger partial charge in [0.1, 0.15) is 5.54 Å². The number of hydrogen-bond acceptors (Lipinski definition) is 2. The summed E-state index contributed by atoms with van der Waals surface area (Å²) in [6.07, 6.45) is 3.80. The minimum atomic E-state index is -0.659. The standard InChI is InChI=1S/C15H15NO/c1-15(2,16-17)11-10-13-7-4-3-6-12-8-5-9-14(12)13/h3-11H,1-2H3. The molecule has 0 bridgehead atoms. The Bertz CT molecular complexity index is 528. The Hall–Kier alpha value is -1.96. The molecule has 2 aliphatic carbocycles. The maximum Gasteiger partial charge on any atom is 0.115 e. The molecule has 0 heterocycles. The molecule has 0 unspecified atom stereocenters. The maximum atomic E-state index is 10.6. The predicted octanol–water partition coefficient (Wildman–Crippen LogP) is 4.35. The van der Waals surface area contributed by atoms with E-state index in [0.29, 0.717) is 0 Å². The molecule has 86 valence electrons. The number of nitrogens with zero attached hydrogens (tertiary/aromatic N) is 1. The lowest BCUT2D eigenvalue weighted by Crippen LogP contribution is -2.10. The van der Waals surface area contributed by atoms with E-state index in [2.05, 4.69) is 23.4 Å². The molecule has 0 N–H and O–H groups in total. The molecule has 0 amide bonds. The third-order valence-corrected chi connectivity index (χ3v) is 2.73. The van der Waals surface area contributed by atoms with Crippen molar-refractivity contribution in [3.63, 3.8) is 0 Å². The Labute approximate surface area is 101 Å². The molecular formula is C15H15NO. The molecule has 17 heavy (non-hydrogen) atoms. The van der Waals surface area contributed by atoms with Crippen LogP contribution in [0.25, 0.3) is 17.2 Å². The Kier molecular flexibility index (Phi) is 3.05. The van der Waals surface area contributed by atoms with Crippen molar-refractivity contribution in [3.8, 4) is 11.1 Å². The van der Waals surface area contributed by atoms with E-state index in [-0.39, 0.29) is 0 Å². The SMILES string of the molecule is CC(C)(C=Cc1ccccc2cccc1-2)N=O. The van der Waals surface area contributed by atoms with Gasteiger partial charge in [0.2, 0.25) is 0 Å². The van der Waals surface area contributed by atoms with Gasteiger partial charge in [-0.25, -0.2) is 0 Å². The van der Waals surface area contributed by atoms with E-state index in [1.807, 2.05) is 36.4 Å². The van der Waals surface area contributed by atoms with Gasteiger partial charge in [0.15, 0.2) is 0 Å². The minimum Gasteiger partial charge on any atom is -0.150 e. The summed E-state index contributed by atoms with van der Waals surface area (Å²) in [7, 11) is 0. The molecule has 0 radical (unpaired) electrons. The van der Waals surface area contributed by atoms with E-state index in [1.165, 1.54) is 11.1 Å². The first-order chi connectivity index (χ1) is 8.12. The molecule has 2 rings (SSSR count). The lowest BCUT2D eigenvalue weighted by molar-refractivity contribution is 0.654. The average molecular weight is 225 g/mol. The van der Waals surface area contributed by atoms with Crippen LogP contribution >= 0.6 is 0 Å². The van der Waals surface area contributed by atoms with Gasteiger partial charge in [0.05, 0.1) is 0 Å². The maximum absolute atomic E-state index is 10.6. The highest BCUT2D eigenvalue weighted by Crippen LogP contribution is 2.27. The third kappa shape index (κ3) is 2.59. The molecule has 2 heteroatoms. The largest absolute Gasteiger partial charge is 0.150 e. The Morgan fingerprint density at radius 1 is 1.06 bits per heavy atom. The van der Waals surface area contributed by atoms with Gasteiger partial charge >= 0.3 is 0 Å².